The molecule has 0 saturated carbocycles. The van der Waals surface area contributed by atoms with E-state index in [1.165, 1.54) is 5.92 Å². The molecule has 0 spiro atoms. The molecule has 0 fully saturated rings. The minimum atomic E-state index is -2.15. The summed E-state index contributed by atoms with van der Waals surface area (Å²) < 4.78 is 19.9. The molecular weight excluding hydrogens is 124 g/mol. The van der Waals surface area contributed by atoms with E-state index in [4.69, 9.17) is 0 Å². The van der Waals surface area contributed by atoms with Crippen molar-refractivity contribution in [3.8, 4) is 0 Å². The Bertz CT molecular complexity index is 108. The molecule has 1 radical (unpaired) electrons. The second-order valence-corrected chi connectivity index (χ2v) is 3.13. The van der Waals surface area contributed by atoms with E-state index >= 15 is 0 Å². The number of thiol groups is 1. The summed E-state index contributed by atoms with van der Waals surface area (Å²) in [5, 5.41) is 0. The van der Waals surface area contributed by atoms with Crippen LogP contribution in [0.25, 0.3) is 0 Å². The van der Waals surface area contributed by atoms with Crippen molar-refractivity contribution in [3.05, 3.63) is 5.92 Å². The van der Waals surface area contributed by atoms with Crippen LogP contribution in [0.4, 0.5) is 0 Å². The highest BCUT2D eigenvalue weighted by atomic mass is 32.2. The van der Waals surface area contributed by atoms with E-state index in [9.17, 15) is 8.42 Å². The third kappa shape index (κ3) is 5.95. The molecule has 3 heteroatoms. The maximum Gasteiger partial charge on any atom is 0.140 e. The van der Waals surface area contributed by atoms with Gasteiger partial charge in [-0.15, -0.1) is 0 Å². The summed E-state index contributed by atoms with van der Waals surface area (Å²) >= 11 is 0. The Labute approximate surface area is 51.9 Å². The summed E-state index contributed by atoms with van der Waals surface area (Å²) in [6.45, 7) is 3.86. The Balaban J connectivity index is 3.18. The second-order valence-electron chi connectivity index (χ2n) is 2.01. The van der Waals surface area contributed by atoms with Crippen molar-refractivity contribution in [3.63, 3.8) is 0 Å². The average molecular weight is 135 g/mol. The number of hydrogen-bond acceptors (Lipinski definition) is 2. The maximum atomic E-state index is 9.93. The van der Waals surface area contributed by atoms with Gasteiger partial charge in [0.2, 0.25) is 0 Å². The third-order valence-electron chi connectivity index (χ3n) is 0.794. The van der Waals surface area contributed by atoms with Crippen LogP contribution in [0.5, 0.6) is 0 Å². The molecular formula is C5H11O2S. The number of rotatable bonds is 3. The van der Waals surface area contributed by atoms with Crippen molar-refractivity contribution in [1.82, 2.24) is 0 Å². The topological polar surface area (TPSA) is 34.1 Å². The van der Waals surface area contributed by atoms with Crippen LogP contribution >= 0.6 is 0 Å². The molecule has 0 unspecified atom stereocenters. The number of hydrogen-bond donors (Lipinski definition) is 1. The molecule has 0 rings (SSSR count). The summed E-state index contributed by atoms with van der Waals surface area (Å²) in [5.74, 6) is 1.47. The Kier molecular flexibility index (Phi) is 3.87. The molecule has 0 aromatic carbocycles. The van der Waals surface area contributed by atoms with Gasteiger partial charge in [-0.05, 0) is 12.3 Å². The first-order chi connectivity index (χ1) is 3.63. The lowest BCUT2D eigenvalue weighted by molar-refractivity contribution is 0.612. The fourth-order valence-electron chi connectivity index (χ4n) is 0.315. The van der Waals surface area contributed by atoms with E-state index in [1.807, 2.05) is 13.8 Å². The highest BCUT2D eigenvalue weighted by molar-refractivity contribution is 7.72. The Morgan fingerprint density at radius 1 is 1.38 bits per heavy atom. The summed E-state index contributed by atoms with van der Waals surface area (Å²) in [4.78, 5) is 0. The first-order valence-corrected chi connectivity index (χ1v) is 3.90. The molecule has 0 amide bonds. The molecule has 0 aliphatic heterocycles. The van der Waals surface area contributed by atoms with Gasteiger partial charge in [-0.1, -0.05) is 13.8 Å². The lowest BCUT2D eigenvalue weighted by Gasteiger charge is -1.95. The van der Waals surface area contributed by atoms with Crippen molar-refractivity contribution in [2.75, 3.05) is 5.75 Å². The fraction of sp³-hybridized carbons (Fsp3) is 0.800. The van der Waals surface area contributed by atoms with Gasteiger partial charge in [0.1, 0.15) is 10.7 Å². The van der Waals surface area contributed by atoms with E-state index < -0.39 is 10.7 Å². The smallest absolute Gasteiger partial charge is 0.140 e. The molecule has 0 aromatic heterocycles. The van der Waals surface area contributed by atoms with Gasteiger partial charge in [0.05, 0.1) is 0 Å². The molecule has 0 saturated heterocycles. The van der Waals surface area contributed by atoms with Crippen molar-refractivity contribution in [2.45, 2.75) is 20.3 Å². The van der Waals surface area contributed by atoms with E-state index in [0.29, 0.717) is 12.2 Å². The Hall–Kier alpha value is -0.0500. The van der Waals surface area contributed by atoms with Gasteiger partial charge in [-0.3, -0.25) is 0 Å². The molecule has 0 bridgehead atoms. The Morgan fingerprint density at radius 3 is 2.00 bits per heavy atom. The Morgan fingerprint density at radius 2 is 1.88 bits per heavy atom. The van der Waals surface area contributed by atoms with Crippen LogP contribution in [-0.4, -0.2) is 14.2 Å². The highest BCUT2D eigenvalue weighted by Gasteiger charge is 1.93. The van der Waals surface area contributed by atoms with Crippen molar-refractivity contribution in [1.29, 1.82) is 0 Å². The van der Waals surface area contributed by atoms with Crippen molar-refractivity contribution >= 4 is 10.7 Å². The van der Waals surface area contributed by atoms with Crippen molar-refractivity contribution < 1.29 is 8.42 Å². The van der Waals surface area contributed by atoms with E-state index in [0.717, 1.165) is 0 Å². The van der Waals surface area contributed by atoms with Crippen LogP contribution < -0.4 is 0 Å². The largest absolute Gasteiger partial charge is 0.232 e. The van der Waals surface area contributed by atoms with E-state index in [-0.39, 0.29) is 0 Å². The predicted molar refractivity (Wildman–Crippen MR) is 34.4 cm³/mol. The molecule has 0 aliphatic rings. The van der Waals surface area contributed by atoms with Gasteiger partial charge < -0.3 is 0 Å². The second kappa shape index (κ2) is 3.89. The SMILES string of the molecule is C[C](C)CC[SH](=O)=O. The average Bonchev–Trinajstić information content (AvgIpc) is 1.61. The summed E-state index contributed by atoms with van der Waals surface area (Å²) in [7, 11) is -2.15. The zero-order chi connectivity index (χ0) is 6.57. The molecule has 0 N–H and O–H groups in total. The first-order valence-electron chi connectivity index (χ1n) is 2.53. The van der Waals surface area contributed by atoms with Crippen LogP contribution in [0.15, 0.2) is 0 Å². The monoisotopic (exact) mass is 135 g/mol. The third-order valence-corrected chi connectivity index (χ3v) is 1.38. The maximum absolute atomic E-state index is 9.93. The van der Waals surface area contributed by atoms with Crippen LogP contribution in [0.2, 0.25) is 0 Å². The quantitative estimate of drug-likeness (QED) is 0.575. The van der Waals surface area contributed by atoms with Gasteiger partial charge in [0, 0.05) is 5.75 Å². The van der Waals surface area contributed by atoms with Crippen molar-refractivity contribution in [2.24, 2.45) is 0 Å². The minimum absolute atomic E-state index is 0.303. The zero-order valence-electron chi connectivity index (χ0n) is 5.18. The van der Waals surface area contributed by atoms with Gasteiger partial charge in [-0.25, -0.2) is 8.42 Å². The van der Waals surface area contributed by atoms with Crippen LogP contribution in [-0.2, 0) is 10.7 Å². The van der Waals surface area contributed by atoms with Gasteiger partial charge in [-0.2, -0.15) is 0 Å². The highest BCUT2D eigenvalue weighted by Crippen LogP contribution is 2.00. The van der Waals surface area contributed by atoms with Crippen LogP contribution in [0.3, 0.4) is 0 Å². The van der Waals surface area contributed by atoms with Gasteiger partial charge in [0.25, 0.3) is 0 Å². The normalized spacial score (nSPS) is 11.0. The lowest BCUT2D eigenvalue weighted by atomic mass is 10.2. The molecule has 49 valence electrons. The van der Waals surface area contributed by atoms with Gasteiger partial charge in [0.15, 0.2) is 0 Å². The summed E-state index contributed by atoms with van der Waals surface area (Å²) in [5.41, 5.74) is 0. The fourth-order valence-corrected chi connectivity index (χ4v) is 0.945. The van der Waals surface area contributed by atoms with E-state index in [1.54, 1.807) is 0 Å². The molecule has 0 aromatic rings. The zero-order valence-corrected chi connectivity index (χ0v) is 6.07. The van der Waals surface area contributed by atoms with Crippen LogP contribution in [0, 0.1) is 5.92 Å². The molecule has 0 aliphatic carbocycles. The minimum Gasteiger partial charge on any atom is -0.232 e. The molecule has 8 heavy (non-hydrogen) atoms. The van der Waals surface area contributed by atoms with E-state index in [2.05, 4.69) is 0 Å². The predicted octanol–water partition coefficient (Wildman–Crippen LogP) is 0.602. The first kappa shape index (κ1) is 7.95. The molecule has 0 heterocycles. The summed E-state index contributed by atoms with van der Waals surface area (Å²) in [6, 6.07) is 0. The molecule has 0 atom stereocenters. The van der Waals surface area contributed by atoms with Gasteiger partial charge >= 0.3 is 0 Å². The molecule has 2 nitrogen and oxygen atoms in total. The van der Waals surface area contributed by atoms with Crippen LogP contribution in [0.1, 0.15) is 20.3 Å². The summed E-state index contributed by atoms with van der Waals surface area (Å²) in [6.07, 6.45) is 0.707. The standard InChI is InChI=1S/C5H11O2S/c1-5(2)3-4-8(6)7/h8H,3-4H2,1-2H3. The lowest BCUT2D eigenvalue weighted by Crippen LogP contribution is -1.91.